The molecule has 2 aromatic heterocycles. The first-order valence-corrected chi connectivity index (χ1v) is 5.83. The third-order valence-electron chi connectivity index (χ3n) is 1.95. The van der Waals surface area contributed by atoms with E-state index in [0.29, 0.717) is 0 Å². The lowest BCUT2D eigenvalue weighted by atomic mass is 10.4. The molecule has 0 aromatic carbocycles. The Morgan fingerprint density at radius 3 is 2.67 bits per heavy atom. The maximum absolute atomic E-state index is 12.4. The molecule has 0 saturated carbocycles. The summed E-state index contributed by atoms with van der Waals surface area (Å²) in [5, 5.41) is 9.15. The predicted octanol–water partition coefficient (Wildman–Crippen LogP) is 2.23. The Bertz CT molecular complexity index is 651. The molecule has 0 atom stereocenters. The summed E-state index contributed by atoms with van der Waals surface area (Å²) >= 11 is 7.28. The first-order valence-electron chi connectivity index (χ1n) is 4.37. The molecule has 0 spiro atoms. The summed E-state index contributed by atoms with van der Waals surface area (Å²) in [6.07, 6.45) is -3.57. The van der Waals surface area contributed by atoms with Gasteiger partial charge in [-0.1, -0.05) is 11.6 Å². The minimum atomic E-state index is -4.57. The number of aromatic amines is 1. The van der Waals surface area contributed by atoms with Crippen LogP contribution in [0.1, 0.15) is 5.69 Å². The van der Waals surface area contributed by atoms with Crippen molar-refractivity contribution < 1.29 is 13.2 Å². The zero-order valence-corrected chi connectivity index (χ0v) is 11.2. The zero-order valence-electron chi connectivity index (χ0n) is 8.29. The highest BCUT2D eigenvalue weighted by atomic mass is 127. The van der Waals surface area contributed by atoms with E-state index in [4.69, 9.17) is 11.6 Å². The summed E-state index contributed by atoms with van der Waals surface area (Å²) in [7, 11) is 0. The molecule has 5 nitrogen and oxygen atoms in total. The smallest absolute Gasteiger partial charge is 0.284 e. The number of alkyl halides is 3. The summed E-state index contributed by atoms with van der Waals surface area (Å²) in [5.74, 6) is -0.278. The Hall–Kier alpha value is -1.10. The van der Waals surface area contributed by atoms with E-state index in [0.717, 1.165) is 16.9 Å². The molecule has 10 heteroatoms. The molecule has 0 amide bonds. The molecular weight excluding hydrogens is 387 g/mol. The predicted molar refractivity (Wildman–Crippen MR) is 64.7 cm³/mol. The van der Waals surface area contributed by atoms with Gasteiger partial charge in [-0.25, -0.2) is 4.68 Å². The van der Waals surface area contributed by atoms with E-state index in [9.17, 15) is 18.0 Å². The third-order valence-corrected chi connectivity index (χ3v) is 3.57. The first kappa shape index (κ1) is 13.3. The van der Waals surface area contributed by atoms with Gasteiger partial charge in [-0.15, -0.1) is 0 Å². The van der Waals surface area contributed by atoms with Crippen molar-refractivity contribution in [2.75, 3.05) is 0 Å². The lowest BCUT2D eigenvalue weighted by molar-refractivity contribution is -0.141. The number of hydrogen-bond donors (Lipinski definition) is 1. The van der Waals surface area contributed by atoms with Crippen molar-refractivity contribution in [2.24, 2.45) is 0 Å². The van der Waals surface area contributed by atoms with Crippen LogP contribution in [-0.4, -0.2) is 20.0 Å². The fraction of sp³-hybridized carbons (Fsp3) is 0.125. The average Bonchev–Trinajstić information content (AvgIpc) is 2.75. The van der Waals surface area contributed by atoms with Crippen LogP contribution < -0.4 is 5.43 Å². The minimum absolute atomic E-state index is 0.0209. The highest BCUT2D eigenvalue weighted by Crippen LogP contribution is 2.27. The van der Waals surface area contributed by atoms with E-state index in [1.807, 2.05) is 0 Å². The number of halogens is 5. The van der Waals surface area contributed by atoms with Crippen LogP contribution in [0.3, 0.4) is 0 Å². The van der Waals surface area contributed by atoms with Crippen molar-refractivity contribution in [1.29, 1.82) is 0 Å². The molecule has 18 heavy (non-hydrogen) atoms. The molecule has 0 aliphatic heterocycles. The molecule has 0 fully saturated rings. The minimum Gasteiger partial charge on any atom is -0.284 e. The Morgan fingerprint density at radius 1 is 1.44 bits per heavy atom. The normalized spacial score (nSPS) is 11.8. The second kappa shape index (κ2) is 4.53. The van der Waals surface area contributed by atoms with Gasteiger partial charge in [0, 0.05) is 6.20 Å². The van der Waals surface area contributed by atoms with Gasteiger partial charge < -0.3 is 0 Å². The molecule has 0 saturated heterocycles. The van der Waals surface area contributed by atoms with Crippen LogP contribution in [0.2, 0.25) is 5.15 Å². The standard InChI is InChI=1S/C8H3ClF3IN4O/c9-6-4(13)5(18)7(15-14-6)17-2-1-3(16-17)8(10,11)12/h1-2H,(H,14,18). The molecule has 1 N–H and O–H groups in total. The van der Waals surface area contributed by atoms with Crippen LogP contribution in [0.5, 0.6) is 0 Å². The first-order chi connectivity index (χ1) is 8.30. The molecule has 2 aromatic rings. The van der Waals surface area contributed by atoms with Crippen molar-refractivity contribution in [2.45, 2.75) is 6.18 Å². The second-order valence-electron chi connectivity index (χ2n) is 3.15. The highest BCUT2D eigenvalue weighted by Gasteiger charge is 2.34. The SMILES string of the molecule is O=c1c(-n2ccc(C(F)(F)F)n2)n[nH]c(Cl)c1I. The zero-order chi connectivity index (χ0) is 13.5. The van der Waals surface area contributed by atoms with Gasteiger partial charge in [0.1, 0.15) is 8.72 Å². The molecule has 2 heterocycles. The summed E-state index contributed by atoms with van der Waals surface area (Å²) in [6, 6.07) is 0.753. The lowest BCUT2D eigenvalue weighted by Crippen LogP contribution is -2.19. The van der Waals surface area contributed by atoms with E-state index in [1.54, 1.807) is 22.6 Å². The van der Waals surface area contributed by atoms with Crippen molar-refractivity contribution in [3.05, 3.63) is 36.9 Å². The van der Waals surface area contributed by atoms with Gasteiger partial charge in [-0.2, -0.15) is 23.4 Å². The van der Waals surface area contributed by atoms with Crippen molar-refractivity contribution >= 4 is 34.2 Å². The van der Waals surface area contributed by atoms with Gasteiger partial charge in [0.15, 0.2) is 5.69 Å². The summed E-state index contributed by atoms with van der Waals surface area (Å²) in [5.41, 5.74) is -1.70. The fourth-order valence-electron chi connectivity index (χ4n) is 1.15. The number of H-pyrrole nitrogens is 1. The molecule has 0 radical (unpaired) electrons. The maximum atomic E-state index is 12.4. The van der Waals surface area contributed by atoms with Crippen LogP contribution in [0, 0.1) is 3.57 Å². The van der Waals surface area contributed by atoms with E-state index < -0.39 is 17.3 Å². The van der Waals surface area contributed by atoms with E-state index in [2.05, 4.69) is 15.3 Å². The summed E-state index contributed by atoms with van der Waals surface area (Å²) in [6.45, 7) is 0. The van der Waals surface area contributed by atoms with Gasteiger partial charge in [0.2, 0.25) is 11.2 Å². The molecule has 0 bridgehead atoms. The van der Waals surface area contributed by atoms with Gasteiger partial charge in [0.05, 0.1) is 0 Å². The van der Waals surface area contributed by atoms with Crippen LogP contribution in [0.4, 0.5) is 13.2 Å². The van der Waals surface area contributed by atoms with E-state index in [1.165, 1.54) is 0 Å². The van der Waals surface area contributed by atoms with Gasteiger partial charge in [-0.3, -0.25) is 9.89 Å². The van der Waals surface area contributed by atoms with Gasteiger partial charge in [-0.05, 0) is 28.7 Å². The molecule has 0 aliphatic rings. The molecule has 96 valence electrons. The molecule has 0 aliphatic carbocycles. The average molecular weight is 390 g/mol. The Balaban J connectivity index is 2.54. The topological polar surface area (TPSA) is 63.6 Å². The van der Waals surface area contributed by atoms with Gasteiger partial charge in [0.25, 0.3) is 0 Å². The number of hydrogen-bond acceptors (Lipinski definition) is 3. The largest absolute Gasteiger partial charge is 0.435 e. The molecule has 0 unspecified atom stereocenters. The van der Waals surface area contributed by atoms with Crippen molar-refractivity contribution in [1.82, 2.24) is 20.0 Å². The quantitative estimate of drug-likeness (QED) is 0.760. The van der Waals surface area contributed by atoms with Crippen LogP contribution in [-0.2, 0) is 6.18 Å². The maximum Gasteiger partial charge on any atom is 0.435 e. The van der Waals surface area contributed by atoms with Crippen LogP contribution in [0.25, 0.3) is 5.82 Å². The van der Waals surface area contributed by atoms with Crippen LogP contribution >= 0.6 is 34.2 Å². The lowest BCUT2D eigenvalue weighted by Gasteiger charge is -2.02. The Kier molecular flexibility index (Phi) is 3.36. The second-order valence-corrected chi connectivity index (χ2v) is 4.60. The number of aromatic nitrogens is 4. The van der Waals surface area contributed by atoms with Crippen molar-refractivity contribution in [3.63, 3.8) is 0 Å². The summed E-state index contributed by atoms with van der Waals surface area (Å²) in [4.78, 5) is 11.7. The highest BCUT2D eigenvalue weighted by molar-refractivity contribution is 14.1. The Labute approximate surface area is 116 Å². The number of nitrogens with one attached hydrogen (secondary N) is 1. The van der Waals surface area contributed by atoms with Crippen LogP contribution in [0.15, 0.2) is 17.1 Å². The summed E-state index contributed by atoms with van der Waals surface area (Å²) < 4.78 is 37.9. The number of nitrogens with zero attached hydrogens (tertiary/aromatic N) is 3. The fourth-order valence-corrected chi connectivity index (χ4v) is 1.64. The van der Waals surface area contributed by atoms with E-state index >= 15 is 0 Å². The molecule has 2 rings (SSSR count). The van der Waals surface area contributed by atoms with Crippen molar-refractivity contribution in [3.8, 4) is 5.82 Å². The number of rotatable bonds is 1. The monoisotopic (exact) mass is 390 g/mol. The Morgan fingerprint density at radius 2 is 2.11 bits per heavy atom. The van der Waals surface area contributed by atoms with Gasteiger partial charge >= 0.3 is 6.18 Å². The van der Waals surface area contributed by atoms with E-state index in [-0.39, 0.29) is 14.5 Å². The third kappa shape index (κ3) is 2.36. The molecular formula is C8H3ClF3IN4O.